The van der Waals surface area contributed by atoms with Crippen LogP contribution in [0.25, 0.3) is 5.57 Å². The van der Waals surface area contributed by atoms with Crippen molar-refractivity contribution in [2.24, 2.45) is 4.99 Å². The predicted molar refractivity (Wildman–Crippen MR) is 56.9 cm³/mol. The van der Waals surface area contributed by atoms with Crippen molar-refractivity contribution in [2.45, 2.75) is 20.3 Å². The predicted octanol–water partition coefficient (Wildman–Crippen LogP) is 3.20. The second-order valence-electron chi connectivity index (χ2n) is 3.56. The lowest BCUT2D eigenvalue weighted by Crippen LogP contribution is -1.87. The van der Waals surface area contributed by atoms with Gasteiger partial charge >= 0.3 is 0 Å². The molecule has 2 rings (SSSR count). The van der Waals surface area contributed by atoms with Gasteiger partial charge in [0.15, 0.2) is 0 Å². The van der Waals surface area contributed by atoms with E-state index in [9.17, 15) is 0 Å². The van der Waals surface area contributed by atoms with E-state index < -0.39 is 0 Å². The largest absolute Gasteiger partial charge is 0.265 e. The fourth-order valence-corrected chi connectivity index (χ4v) is 1.50. The number of benzene rings is 1. The molecule has 13 heavy (non-hydrogen) atoms. The molecule has 0 aromatic heterocycles. The Morgan fingerprint density at radius 2 is 1.77 bits per heavy atom. The molecular formula is C12H13N. The van der Waals surface area contributed by atoms with Crippen molar-refractivity contribution in [1.29, 1.82) is 0 Å². The van der Waals surface area contributed by atoms with E-state index in [2.05, 4.69) is 43.1 Å². The second kappa shape index (κ2) is 3.17. The van der Waals surface area contributed by atoms with Crippen LogP contribution >= 0.6 is 0 Å². The van der Waals surface area contributed by atoms with E-state index >= 15 is 0 Å². The summed E-state index contributed by atoms with van der Waals surface area (Å²) in [6.07, 6.45) is 2.98. The number of hydrogen-bond acceptors (Lipinski definition) is 1. The van der Waals surface area contributed by atoms with Crippen molar-refractivity contribution in [3.8, 4) is 0 Å². The minimum atomic E-state index is 1.00. The van der Waals surface area contributed by atoms with E-state index in [1.165, 1.54) is 22.4 Å². The number of hydrogen-bond donors (Lipinski definition) is 0. The summed E-state index contributed by atoms with van der Waals surface area (Å²) in [6, 6.07) is 8.61. The normalized spacial score (nSPS) is 15.5. The first-order valence-corrected chi connectivity index (χ1v) is 4.55. The Hall–Kier alpha value is -1.37. The Morgan fingerprint density at radius 3 is 2.31 bits per heavy atom. The third-order valence-electron chi connectivity index (χ3n) is 2.31. The molecule has 1 heteroatoms. The molecule has 1 aliphatic rings. The van der Waals surface area contributed by atoms with Crippen LogP contribution in [0.5, 0.6) is 0 Å². The van der Waals surface area contributed by atoms with Gasteiger partial charge in [-0.25, -0.2) is 0 Å². The van der Waals surface area contributed by atoms with Gasteiger partial charge in [0.1, 0.15) is 0 Å². The van der Waals surface area contributed by atoms with E-state index in [4.69, 9.17) is 0 Å². The Morgan fingerprint density at radius 1 is 1.08 bits per heavy atom. The number of aliphatic imine (C=N–C) groups is 1. The van der Waals surface area contributed by atoms with Crippen molar-refractivity contribution in [3.05, 3.63) is 41.6 Å². The molecule has 1 nitrogen and oxygen atoms in total. The first kappa shape index (κ1) is 8.24. The topological polar surface area (TPSA) is 12.4 Å². The quantitative estimate of drug-likeness (QED) is 0.615. The molecule has 0 aliphatic carbocycles. The summed E-state index contributed by atoms with van der Waals surface area (Å²) in [5.41, 5.74) is 5.14. The summed E-state index contributed by atoms with van der Waals surface area (Å²) in [6.45, 7) is 4.17. The molecule has 0 spiro atoms. The molecular weight excluding hydrogens is 158 g/mol. The highest BCUT2D eigenvalue weighted by atomic mass is 14.7. The standard InChI is InChI=1S/C12H13N/c1-9-3-5-11(6-4-9)12-7-10(2)13-8-12/h3-6,8H,7H2,1-2H3. The average Bonchev–Trinajstić information content (AvgIpc) is 2.53. The lowest BCUT2D eigenvalue weighted by atomic mass is 10.0. The lowest BCUT2D eigenvalue weighted by Gasteiger charge is -2.01. The van der Waals surface area contributed by atoms with Crippen LogP contribution in [0, 0.1) is 6.92 Å². The van der Waals surface area contributed by atoms with Crippen LogP contribution in [-0.4, -0.2) is 5.71 Å². The maximum absolute atomic E-state index is 4.27. The van der Waals surface area contributed by atoms with Gasteiger partial charge in [-0.15, -0.1) is 0 Å². The van der Waals surface area contributed by atoms with Crippen molar-refractivity contribution < 1.29 is 0 Å². The van der Waals surface area contributed by atoms with Crippen LogP contribution in [0.15, 0.2) is 35.5 Å². The summed E-state index contributed by atoms with van der Waals surface area (Å²) in [5.74, 6) is 0. The summed E-state index contributed by atoms with van der Waals surface area (Å²) in [4.78, 5) is 4.27. The molecule has 0 radical (unpaired) electrons. The maximum atomic E-state index is 4.27. The zero-order valence-corrected chi connectivity index (χ0v) is 8.04. The van der Waals surface area contributed by atoms with Gasteiger partial charge in [0.25, 0.3) is 0 Å². The van der Waals surface area contributed by atoms with Gasteiger partial charge in [0, 0.05) is 18.3 Å². The van der Waals surface area contributed by atoms with E-state index in [-0.39, 0.29) is 0 Å². The molecule has 0 unspecified atom stereocenters. The lowest BCUT2D eigenvalue weighted by molar-refractivity contribution is 1.42. The minimum absolute atomic E-state index is 1.00. The fraction of sp³-hybridized carbons (Fsp3) is 0.250. The Kier molecular flexibility index (Phi) is 2.01. The van der Waals surface area contributed by atoms with E-state index in [1.807, 2.05) is 6.20 Å². The molecule has 0 fully saturated rings. The SMILES string of the molecule is CC1=NC=C(c2ccc(C)cc2)C1. The molecule has 1 aromatic rings. The van der Waals surface area contributed by atoms with Crippen LogP contribution in [0.4, 0.5) is 0 Å². The average molecular weight is 171 g/mol. The zero-order chi connectivity index (χ0) is 9.26. The molecule has 66 valence electrons. The molecule has 0 N–H and O–H groups in total. The molecule has 1 aromatic carbocycles. The van der Waals surface area contributed by atoms with Crippen molar-refractivity contribution in [1.82, 2.24) is 0 Å². The van der Waals surface area contributed by atoms with Gasteiger partial charge in [0.05, 0.1) is 0 Å². The monoisotopic (exact) mass is 171 g/mol. The summed E-state index contributed by atoms with van der Waals surface area (Å²) in [7, 11) is 0. The maximum Gasteiger partial charge on any atom is 0.0309 e. The van der Waals surface area contributed by atoms with Crippen LogP contribution in [0.3, 0.4) is 0 Å². The molecule has 1 heterocycles. The van der Waals surface area contributed by atoms with Gasteiger partial charge in [0.2, 0.25) is 0 Å². The number of nitrogens with zero attached hydrogens (tertiary/aromatic N) is 1. The Bertz CT molecular complexity index is 369. The van der Waals surface area contributed by atoms with Gasteiger partial charge in [-0.2, -0.15) is 0 Å². The number of allylic oxidation sites excluding steroid dienone is 1. The Labute approximate surface area is 78.8 Å². The smallest absolute Gasteiger partial charge is 0.0309 e. The molecule has 1 aliphatic heterocycles. The second-order valence-corrected chi connectivity index (χ2v) is 3.56. The van der Waals surface area contributed by atoms with Crippen molar-refractivity contribution >= 4 is 11.3 Å². The summed E-state index contributed by atoms with van der Waals surface area (Å²) < 4.78 is 0. The highest BCUT2D eigenvalue weighted by molar-refractivity contribution is 5.96. The van der Waals surface area contributed by atoms with Crippen LogP contribution in [-0.2, 0) is 0 Å². The summed E-state index contributed by atoms with van der Waals surface area (Å²) in [5, 5.41) is 0. The Balaban J connectivity index is 2.24. The van der Waals surface area contributed by atoms with Crippen LogP contribution in [0.1, 0.15) is 24.5 Å². The first-order valence-electron chi connectivity index (χ1n) is 4.55. The van der Waals surface area contributed by atoms with E-state index in [0.717, 1.165) is 6.42 Å². The first-order chi connectivity index (χ1) is 6.25. The molecule has 0 saturated carbocycles. The van der Waals surface area contributed by atoms with Crippen LogP contribution < -0.4 is 0 Å². The third kappa shape index (κ3) is 1.69. The van der Waals surface area contributed by atoms with Crippen LogP contribution in [0.2, 0.25) is 0 Å². The fourth-order valence-electron chi connectivity index (χ4n) is 1.50. The third-order valence-corrected chi connectivity index (χ3v) is 2.31. The van der Waals surface area contributed by atoms with Gasteiger partial charge in [-0.1, -0.05) is 29.8 Å². The van der Waals surface area contributed by atoms with E-state index in [0.29, 0.717) is 0 Å². The molecule has 0 bridgehead atoms. The minimum Gasteiger partial charge on any atom is -0.265 e. The highest BCUT2D eigenvalue weighted by Gasteiger charge is 2.07. The summed E-state index contributed by atoms with van der Waals surface area (Å²) >= 11 is 0. The van der Waals surface area contributed by atoms with Crippen molar-refractivity contribution in [2.75, 3.05) is 0 Å². The van der Waals surface area contributed by atoms with E-state index in [1.54, 1.807) is 0 Å². The highest BCUT2D eigenvalue weighted by Crippen LogP contribution is 2.23. The van der Waals surface area contributed by atoms with Crippen molar-refractivity contribution in [3.63, 3.8) is 0 Å². The van der Waals surface area contributed by atoms with Gasteiger partial charge < -0.3 is 0 Å². The molecule has 0 atom stereocenters. The molecule has 0 saturated heterocycles. The number of aryl methyl sites for hydroxylation is 1. The van der Waals surface area contributed by atoms with Gasteiger partial charge in [-0.05, 0) is 25.0 Å². The number of rotatable bonds is 1. The molecule has 0 amide bonds. The van der Waals surface area contributed by atoms with Gasteiger partial charge in [-0.3, -0.25) is 4.99 Å². The zero-order valence-electron chi connectivity index (χ0n) is 8.04.